The number of hydrogen-bond acceptors (Lipinski definition) is 1. The van der Waals surface area contributed by atoms with Crippen LogP contribution in [0.25, 0.3) is 0 Å². The number of rotatable bonds is 4. The quantitative estimate of drug-likeness (QED) is 0.490. The van der Waals surface area contributed by atoms with Crippen molar-refractivity contribution < 1.29 is 26.7 Å². The standard InChI is InChI=1S/C6H6F5O/c7-5(8,6(9,10)11)3-1-2-4-12/h1-3H2. The highest BCUT2D eigenvalue weighted by molar-refractivity contribution is 5.50. The van der Waals surface area contributed by atoms with Crippen molar-refractivity contribution in [3.05, 3.63) is 0 Å². The van der Waals surface area contributed by atoms with E-state index in [2.05, 4.69) is 0 Å². The maximum atomic E-state index is 12.0. The summed E-state index contributed by atoms with van der Waals surface area (Å²) in [6.07, 6.45) is -6.53. The summed E-state index contributed by atoms with van der Waals surface area (Å²) in [4.78, 5) is 9.49. The van der Waals surface area contributed by atoms with E-state index < -0.39 is 31.4 Å². The number of hydrogen-bond donors (Lipinski definition) is 0. The summed E-state index contributed by atoms with van der Waals surface area (Å²) in [5.41, 5.74) is 0. The van der Waals surface area contributed by atoms with E-state index >= 15 is 0 Å². The summed E-state index contributed by atoms with van der Waals surface area (Å²) < 4.78 is 58.2. The van der Waals surface area contributed by atoms with Gasteiger partial charge in [-0.3, -0.25) is 4.79 Å². The molecule has 0 fully saturated rings. The van der Waals surface area contributed by atoms with E-state index in [1.54, 1.807) is 0 Å². The van der Waals surface area contributed by atoms with E-state index in [1.807, 2.05) is 0 Å². The van der Waals surface area contributed by atoms with Crippen molar-refractivity contribution in [2.45, 2.75) is 31.4 Å². The molecular formula is C6H6F5O. The van der Waals surface area contributed by atoms with Gasteiger partial charge in [0.05, 0.1) is 0 Å². The molecule has 1 nitrogen and oxygen atoms in total. The molecule has 0 aliphatic carbocycles. The third-order valence-corrected chi connectivity index (χ3v) is 1.18. The van der Waals surface area contributed by atoms with E-state index in [4.69, 9.17) is 0 Å². The lowest BCUT2D eigenvalue weighted by molar-refractivity contribution is -0.284. The van der Waals surface area contributed by atoms with Gasteiger partial charge in [-0.15, -0.1) is 0 Å². The van der Waals surface area contributed by atoms with Gasteiger partial charge in [0.25, 0.3) is 0 Å². The van der Waals surface area contributed by atoms with E-state index in [0.29, 0.717) is 0 Å². The first-order valence-electron chi connectivity index (χ1n) is 3.11. The summed E-state index contributed by atoms with van der Waals surface area (Å²) >= 11 is 0. The van der Waals surface area contributed by atoms with Crippen LogP contribution in [0.3, 0.4) is 0 Å². The molecular weight excluding hydrogens is 183 g/mol. The monoisotopic (exact) mass is 189 g/mol. The Labute approximate surface area is 65.6 Å². The molecule has 12 heavy (non-hydrogen) atoms. The van der Waals surface area contributed by atoms with E-state index in [9.17, 15) is 26.7 Å². The molecule has 0 amide bonds. The Balaban J connectivity index is 3.95. The Morgan fingerprint density at radius 2 is 1.58 bits per heavy atom. The predicted octanol–water partition coefficient (Wildman–Crippen LogP) is 2.46. The Morgan fingerprint density at radius 3 is 1.92 bits per heavy atom. The lowest BCUT2D eigenvalue weighted by atomic mass is 10.1. The van der Waals surface area contributed by atoms with Crippen LogP contribution in [0.1, 0.15) is 19.3 Å². The second kappa shape index (κ2) is 3.82. The fraction of sp³-hybridized carbons (Fsp3) is 0.833. The summed E-state index contributed by atoms with van der Waals surface area (Å²) in [5.74, 6) is -4.69. The van der Waals surface area contributed by atoms with Gasteiger partial charge in [0, 0.05) is 12.8 Å². The zero-order chi connectivity index (χ0) is 9.83. The Hall–Kier alpha value is -0.680. The minimum atomic E-state index is -5.52. The maximum absolute atomic E-state index is 12.0. The van der Waals surface area contributed by atoms with Gasteiger partial charge in [-0.1, -0.05) is 0 Å². The molecule has 0 heterocycles. The fourth-order valence-electron chi connectivity index (χ4n) is 0.524. The normalized spacial score (nSPS) is 13.1. The molecule has 1 radical (unpaired) electrons. The van der Waals surface area contributed by atoms with Crippen LogP contribution in [0.15, 0.2) is 0 Å². The van der Waals surface area contributed by atoms with Gasteiger partial charge in [0.2, 0.25) is 0 Å². The van der Waals surface area contributed by atoms with Crippen LogP contribution in [-0.2, 0) is 4.79 Å². The molecule has 0 aromatic heterocycles. The third-order valence-electron chi connectivity index (χ3n) is 1.18. The molecule has 6 heteroatoms. The lowest BCUT2D eigenvalue weighted by Crippen LogP contribution is -2.36. The van der Waals surface area contributed by atoms with Crippen LogP contribution >= 0.6 is 0 Å². The van der Waals surface area contributed by atoms with Crippen molar-refractivity contribution in [3.8, 4) is 0 Å². The van der Waals surface area contributed by atoms with Crippen molar-refractivity contribution >= 4 is 6.29 Å². The molecule has 0 aliphatic rings. The largest absolute Gasteiger partial charge is 0.453 e. The second-order valence-corrected chi connectivity index (χ2v) is 2.20. The topological polar surface area (TPSA) is 17.1 Å². The summed E-state index contributed by atoms with van der Waals surface area (Å²) in [6, 6.07) is 0. The average molecular weight is 189 g/mol. The molecule has 0 bridgehead atoms. The van der Waals surface area contributed by atoms with E-state index in [1.165, 1.54) is 6.29 Å². The highest BCUT2D eigenvalue weighted by Crippen LogP contribution is 2.38. The number of halogens is 5. The molecule has 0 rings (SSSR count). The van der Waals surface area contributed by atoms with Gasteiger partial charge in [0.1, 0.15) is 0 Å². The molecule has 0 atom stereocenters. The first-order chi connectivity index (χ1) is 5.31. The van der Waals surface area contributed by atoms with Crippen LogP contribution in [0, 0.1) is 0 Å². The van der Waals surface area contributed by atoms with Crippen LogP contribution in [-0.4, -0.2) is 18.4 Å². The van der Waals surface area contributed by atoms with Gasteiger partial charge in [-0.25, -0.2) is 0 Å². The minimum absolute atomic E-state index is 0.397. The van der Waals surface area contributed by atoms with Crippen molar-refractivity contribution in [3.63, 3.8) is 0 Å². The zero-order valence-electron chi connectivity index (χ0n) is 5.92. The third kappa shape index (κ3) is 3.15. The van der Waals surface area contributed by atoms with Crippen molar-refractivity contribution in [1.29, 1.82) is 0 Å². The zero-order valence-corrected chi connectivity index (χ0v) is 5.92. The highest BCUT2D eigenvalue weighted by atomic mass is 19.4. The van der Waals surface area contributed by atoms with Crippen LogP contribution in [0.2, 0.25) is 0 Å². The first kappa shape index (κ1) is 11.3. The highest BCUT2D eigenvalue weighted by Gasteiger charge is 2.56. The Morgan fingerprint density at radius 1 is 1.08 bits per heavy atom. The maximum Gasteiger partial charge on any atom is 0.453 e. The van der Waals surface area contributed by atoms with Crippen molar-refractivity contribution in [2.24, 2.45) is 0 Å². The summed E-state index contributed by atoms with van der Waals surface area (Å²) in [6.45, 7) is 0. The van der Waals surface area contributed by atoms with Gasteiger partial charge >= 0.3 is 12.1 Å². The van der Waals surface area contributed by atoms with Gasteiger partial charge < -0.3 is 0 Å². The Kier molecular flexibility index (Phi) is 3.60. The molecule has 0 unspecified atom stereocenters. The minimum Gasteiger partial charge on any atom is -0.291 e. The first-order valence-corrected chi connectivity index (χ1v) is 3.11. The molecule has 0 saturated carbocycles. The lowest BCUT2D eigenvalue weighted by Gasteiger charge is -2.18. The molecule has 71 valence electrons. The van der Waals surface area contributed by atoms with Crippen LogP contribution < -0.4 is 0 Å². The van der Waals surface area contributed by atoms with E-state index in [-0.39, 0.29) is 0 Å². The smallest absolute Gasteiger partial charge is 0.291 e. The molecule has 0 aromatic carbocycles. The average Bonchev–Trinajstić information content (AvgIpc) is 1.85. The molecule has 0 aromatic rings. The molecule has 0 N–H and O–H groups in total. The predicted molar refractivity (Wildman–Crippen MR) is 30.5 cm³/mol. The van der Waals surface area contributed by atoms with E-state index in [0.717, 1.165) is 0 Å². The van der Waals surface area contributed by atoms with Gasteiger partial charge in [-0.2, -0.15) is 22.0 Å². The molecule has 0 spiro atoms. The number of alkyl halides is 5. The second-order valence-electron chi connectivity index (χ2n) is 2.20. The van der Waals surface area contributed by atoms with Gasteiger partial charge in [0.15, 0.2) is 6.29 Å². The van der Waals surface area contributed by atoms with Crippen molar-refractivity contribution in [2.75, 3.05) is 0 Å². The SMILES string of the molecule is O=[C]CCCC(F)(F)C(F)(F)F. The van der Waals surface area contributed by atoms with Gasteiger partial charge in [-0.05, 0) is 6.42 Å². The summed E-state index contributed by atoms with van der Waals surface area (Å²) in [7, 11) is 0. The fourth-order valence-corrected chi connectivity index (χ4v) is 0.524. The van der Waals surface area contributed by atoms with Crippen LogP contribution in [0.4, 0.5) is 22.0 Å². The van der Waals surface area contributed by atoms with Crippen LogP contribution in [0.5, 0.6) is 0 Å². The number of carbonyl (C=O) groups excluding carboxylic acids is 1. The molecule has 0 saturated heterocycles. The Bertz CT molecular complexity index is 151. The molecule has 0 aliphatic heterocycles. The summed E-state index contributed by atoms with van der Waals surface area (Å²) in [5, 5.41) is 0. The number of unbranched alkanes of at least 4 members (excludes halogenated alkanes) is 1. The van der Waals surface area contributed by atoms with Crippen molar-refractivity contribution in [1.82, 2.24) is 0 Å².